The minimum absolute atomic E-state index is 0.271. The molecule has 4 saturated carbocycles. The highest BCUT2D eigenvalue weighted by molar-refractivity contribution is 5.68. The van der Waals surface area contributed by atoms with Crippen LogP contribution in [0.4, 0.5) is 4.79 Å². The largest absolute Gasteiger partial charge is 0.444 e. The molecule has 0 aromatic carbocycles. The van der Waals surface area contributed by atoms with Crippen LogP contribution in [0.3, 0.4) is 0 Å². The SMILES string of the molecule is CC(C)(C)OC(=O)NC1CC(NC2C3C4CCC(C4)C23)C1. The molecule has 0 aliphatic heterocycles. The van der Waals surface area contributed by atoms with Crippen molar-refractivity contribution < 1.29 is 9.53 Å². The number of nitrogens with one attached hydrogen (secondary N) is 2. The van der Waals surface area contributed by atoms with E-state index in [1.165, 1.54) is 19.3 Å². The summed E-state index contributed by atoms with van der Waals surface area (Å²) in [6.07, 6.45) is 6.33. The number of carbonyl (C=O) groups excluding carboxylic acids is 1. The van der Waals surface area contributed by atoms with E-state index < -0.39 is 5.60 Å². The average molecular weight is 292 g/mol. The molecule has 4 aliphatic rings. The molecule has 2 N–H and O–H groups in total. The summed E-state index contributed by atoms with van der Waals surface area (Å²) >= 11 is 0. The highest BCUT2D eigenvalue weighted by Crippen LogP contribution is 2.65. The molecule has 4 nitrogen and oxygen atoms in total. The van der Waals surface area contributed by atoms with Crippen LogP contribution in [0.5, 0.6) is 0 Å². The fourth-order valence-electron chi connectivity index (χ4n) is 5.17. The van der Waals surface area contributed by atoms with Gasteiger partial charge in [0.25, 0.3) is 0 Å². The Balaban J connectivity index is 1.17. The number of carbonyl (C=O) groups is 1. The Bertz CT molecular complexity index is 423. The Morgan fingerprint density at radius 2 is 1.62 bits per heavy atom. The number of fused-ring (bicyclic) bond motifs is 5. The van der Waals surface area contributed by atoms with E-state index in [1.54, 1.807) is 0 Å². The first-order valence-corrected chi connectivity index (χ1v) is 8.66. The molecule has 4 heteroatoms. The molecule has 0 saturated heterocycles. The molecule has 21 heavy (non-hydrogen) atoms. The summed E-state index contributed by atoms with van der Waals surface area (Å²) in [4.78, 5) is 11.7. The van der Waals surface area contributed by atoms with Gasteiger partial charge < -0.3 is 15.4 Å². The molecule has 0 radical (unpaired) electrons. The van der Waals surface area contributed by atoms with Crippen molar-refractivity contribution in [1.82, 2.24) is 10.6 Å². The number of amides is 1. The maximum atomic E-state index is 11.7. The summed E-state index contributed by atoms with van der Waals surface area (Å²) in [6, 6.07) is 1.72. The Morgan fingerprint density at radius 3 is 2.19 bits per heavy atom. The number of hydrogen-bond acceptors (Lipinski definition) is 3. The van der Waals surface area contributed by atoms with Gasteiger partial charge in [-0.15, -0.1) is 0 Å². The Kier molecular flexibility index (Phi) is 3.04. The van der Waals surface area contributed by atoms with Crippen molar-refractivity contribution in [2.45, 2.75) is 76.6 Å². The van der Waals surface area contributed by atoms with Crippen molar-refractivity contribution in [3.63, 3.8) is 0 Å². The molecule has 0 aromatic rings. The van der Waals surface area contributed by atoms with Crippen LogP contribution >= 0.6 is 0 Å². The summed E-state index contributed by atoms with van der Waals surface area (Å²) in [5.74, 6) is 4.07. The smallest absolute Gasteiger partial charge is 0.407 e. The first-order valence-electron chi connectivity index (χ1n) is 8.66. The first kappa shape index (κ1) is 13.9. The minimum Gasteiger partial charge on any atom is -0.444 e. The topological polar surface area (TPSA) is 50.4 Å². The zero-order valence-electron chi connectivity index (χ0n) is 13.4. The quantitative estimate of drug-likeness (QED) is 0.841. The standard InChI is InChI=1S/C17H28N2O2/c1-17(2,3)21-16(20)19-12-7-11(8-12)18-15-13-9-4-5-10(6-9)14(13)15/h9-15,18H,4-8H2,1-3H3,(H,19,20). The molecule has 4 atom stereocenters. The van der Waals surface area contributed by atoms with Gasteiger partial charge >= 0.3 is 6.09 Å². The van der Waals surface area contributed by atoms with Crippen molar-refractivity contribution in [3.05, 3.63) is 0 Å². The van der Waals surface area contributed by atoms with Crippen molar-refractivity contribution in [3.8, 4) is 0 Å². The lowest BCUT2D eigenvalue weighted by molar-refractivity contribution is 0.0464. The second kappa shape index (κ2) is 4.61. The van der Waals surface area contributed by atoms with Gasteiger partial charge in [0, 0.05) is 18.1 Å². The molecule has 1 amide bonds. The summed E-state index contributed by atoms with van der Waals surface area (Å²) in [6.45, 7) is 5.70. The van der Waals surface area contributed by atoms with Crippen molar-refractivity contribution in [1.29, 1.82) is 0 Å². The molecule has 2 bridgehead atoms. The van der Waals surface area contributed by atoms with Crippen LogP contribution in [-0.4, -0.2) is 29.8 Å². The van der Waals surface area contributed by atoms with Gasteiger partial charge in [-0.05, 0) is 76.5 Å². The Hall–Kier alpha value is -0.770. The number of rotatable bonds is 3. The lowest BCUT2D eigenvalue weighted by Crippen LogP contribution is -2.54. The zero-order valence-corrected chi connectivity index (χ0v) is 13.4. The predicted octanol–water partition coefficient (Wildman–Crippen LogP) is 2.68. The van der Waals surface area contributed by atoms with Gasteiger partial charge in [-0.1, -0.05) is 0 Å². The molecule has 0 heterocycles. The maximum absolute atomic E-state index is 11.7. The van der Waals surface area contributed by atoms with Crippen LogP contribution in [0.25, 0.3) is 0 Å². The van der Waals surface area contributed by atoms with Gasteiger partial charge in [-0.3, -0.25) is 0 Å². The lowest BCUT2D eigenvalue weighted by Gasteiger charge is -2.37. The predicted molar refractivity (Wildman–Crippen MR) is 80.9 cm³/mol. The lowest BCUT2D eigenvalue weighted by atomic mass is 9.86. The molecule has 4 aliphatic carbocycles. The summed E-state index contributed by atoms with van der Waals surface area (Å²) in [5, 5.41) is 6.83. The van der Waals surface area contributed by atoms with Crippen LogP contribution in [-0.2, 0) is 4.74 Å². The van der Waals surface area contributed by atoms with E-state index in [0.717, 1.165) is 42.6 Å². The maximum Gasteiger partial charge on any atom is 0.407 e. The number of alkyl carbamates (subject to hydrolysis) is 1. The highest BCUT2D eigenvalue weighted by atomic mass is 16.6. The van der Waals surface area contributed by atoms with E-state index in [1.807, 2.05) is 20.8 Å². The van der Waals surface area contributed by atoms with Gasteiger partial charge in [0.05, 0.1) is 0 Å². The van der Waals surface area contributed by atoms with Gasteiger partial charge in [-0.2, -0.15) is 0 Å². The van der Waals surface area contributed by atoms with Gasteiger partial charge in [0.2, 0.25) is 0 Å². The molecule has 118 valence electrons. The van der Waals surface area contributed by atoms with E-state index in [9.17, 15) is 4.79 Å². The number of ether oxygens (including phenoxy) is 1. The number of hydrogen-bond donors (Lipinski definition) is 2. The van der Waals surface area contributed by atoms with Crippen molar-refractivity contribution in [2.24, 2.45) is 23.7 Å². The minimum atomic E-state index is -0.407. The fraction of sp³-hybridized carbons (Fsp3) is 0.941. The van der Waals surface area contributed by atoms with E-state index in [4.69, 9.17) is 4.74 Å². The second-order valence-corrected chi connectivity index (χ2v) is 8.69. The molecular weight excluding hydrogens is 264 g/mol. The molecule has 4 fully saturated rings. The molecule has 4 rings (SSSR count). The van der Waals surface area contributed by atoms with Crippen LogP contribution in [0.1, 0.15) is 52.9 Å². The molecule has 4 unspecified atom stereocenters. The summed E-state index contributed by atoms with van der Waals surface area (Å²) < 4.78 is 5.30. The molecular formula is C17H28N2O2. The van der Waals surface area contributed by atoms with Crippen LogP contribution < -0.4 is 10.6 Å². The third kappa shape index (κ3) is 2.56. The highest BCUT2D eigenvalue weighted by Gasteiger charge is 2.65. The van der Waals surface area contributed by atoms with Crippen molar-refractivity contribution >= 4 is 6.09 Å². The van der Waals surface area contributed by atoms with Crippen LogP contribution in [0.2, 0.25) is 0 Å². The van der Waals surface area contributed by atoms with E-state index in [0.29, 0.717) is 12.1 Å². The van der Waals surface area contributed by atoms with Crippen molar-refractivity contribution in [2.75, 3.05) is 0 Å². The van der Waals surface area contributed by atoms with Crippen LogP contribution in [0, 0.1) is 23.7 Å². The third-order valence-electron chi connectivity index (χ3n) is 6.02. The summed E-state index contributed by atoms with van der Waals surface area (Å²) in [7, 11) is 0. The van der Waals surface area contributed by atoms with E-state index >= 15 is 0 Å². The average Bonchev–Trinajstić information content (AvgIpc) is 2.72. The van der Waals surface area contributed by atoms with Gasteiger partial charge in [0.1, 0.15) is 5.60 Å². The van der Waals surface area contributed by atoms with Crippen LogP contribution in [0.15, 0.2) is 0 Å². The second-order valence-electron chi connectivity index (χ2n) is 8.69. The zero-order chi connectivity index (χ0) is 14.8. The van der Waals surface area contributed by atoms with E-state index in [-0.39, 0.29) is 6.09 Å². The Morgan fingerprint density at radius 1 is 1.00 bits per heavy atom. The Labute approximate surface area is 127 Å². The summed E-state index contributed by atoms with van der Waals surface area (Å²) in [5.41, 5.74) is -0.407. The van der Waals surface area contributed by atoms with Gasteiger partial charge in [-0.25, -0.2) is 4.79 Å². The van der Waals surface area contributed by atoms with Gasteiger partial charge in [0.15, 0.2) is 0 Å². The molecule has 0 aromatic heterocycles. The third-order valence-corrected chi connectivity index (χ3v) is 6.02. The normalized spacial score (nSPS) is 46.7. The van der Waals surface area contributed by atoms with E-state index in [2.05, 4.69) is 10.6 Å². The monoisotopic (exact) mass is 292 g/mol. The first-order chi connectivity index (χ1) is 9.90. The molecule has 0 spiro atoms. The fourth-order valence-corrected chi connectivity index (χ4v) is 5.17.